The number of benzene rings is 1. The van der Waals surface area contributed by atoms with Crippen LogP contribution in [-0.4, -0.2) is 24.0 Å². The second-order valence-corrected chi connectivity index (χ2v) is 4.88. The maximum atomic E-state index is 5.62. The second kappa shape index (κ2) is 7.03. The third-order valence-electron chi connectivity index (χ3n) is 3.13. The van der Waals surface area contributed by atoms with E-state index in [0.29, 0.717) is 6.54 Å². The summed E-state index contributed by atoms with van der Waals surface area (Å²) in [5.74, 6) is 0.894. The van der Waals surface area contributed by atoms with Gasteiger partial charge in [0.1, 0.15) is 5.75 Å². The molecule has 0 fully saturated rings. The van der Waals surface area contributed by atoms with E-state index in [0.717, 1.165) is 24.5 Å². The highest BCUT2D eigenvalue weighted by molar-refractivity contribution is 5.28. The Balaban J connectivity index is 1.99. The second-order valence-electron chi connectivity index (χ2n) is 4.88. The van der Waals surface area contributed by atoms with E-state index in [1.807, 2.05) is 24.4 Å². The average Bonchev–Trinajstić information content (AvgIpc) is 2.47. The Morgan fingerprint density at radius 3 is 2.60 bits per heavy atom. The van der Waals surface area contributed by atoms with Gasteiger partial charge in [0.15, 0.2) is 0 Å². The summed E-state index contributed by atoms with van der Waals surface area (Å²) in [6.45, 7) is 2.22. The number of hydrogen-bond acceptors (Lipinski definition) is 4. The Hall–Kier alpha value is -1.91. The van der Waals surface area contributed by atoms with Crippen LogP contribution in [0.2, 0.25) is 0 Å². The molecule has 0 unspecified atom stereocenters. The van der Waals surface area contributed by atoms with Gasteiger partial charge in [-0.1, -0.05) is 12.1 Å². The largest absolute Gasteiger partial charge is 0.497 e. The van der Waals surface area contributed by atoms with E-state index in [9.17, 15) is 0 Å². The van der Waals surface area contributed by atoms with Gasteiger partial charge in [0.05, 0.1) is 12.8 Å². The van der Waals surface area contributed by atoms with Gasteiger partial charge in [-0.05, 0) is 42.4 Å². The summed E-state index contributed by atoms with van der Waals surface area (Å²) in [6, 6.07) is 12.2. The fraction of sp³-hybridized carbons (Fsp3) is 0.312. The van der Waals surface area contributed by atoms with Crippen LogP contribution in [0, 0.1) is 0 Å². The fourth-order valence-electron chi connectivity index (χ4n) is 2.19. The minimum absolute atomic E-state index is 0.480. The molecule has 0 aliphatic carbocycles. The molecule has 0 bridgehead atoms. The monoisotopic (exact) mass is 271 g/mol. The minimum atomic E-state index is 0.480. The van der Waals surface area contributed by atoms with Gasteiger partial charge in [-0.15, -0.1) is 0 Å². The molecule has 20 heavy (non-hydrogen) atoms. The summed E-state index contributed by atoms with van der Waals surface area (Å²) in [4.78, 5) is 6.47. The number of aromatic nitrogens is 1. The summed E-state index contributed by atoms with van der Waals surface area (Å²) in [5, 5.41) is 0. The van der Waals surface area contributed by atoms with Gasteiger partial charge in [0.25, 0.3) is 0 Å². The number of rotatable bonds is 6. The molecule has 2 rings (SSSR count). The van der Waals surface area contributed by atoms with E-state index in [-0.39, 0.29) is 0 Å². The lowest BCUT2D eigenvalue weighted by molar-refractivity contribution is 0.318. The first-order chi connectivity index (χ1) is 9.71. The van der Waals surface area contributed by atoms with Gasteiger partial charge < -0.3 is 10.5 Å². The van der Waals surface area contributed by atoms with Crippen molar-refractivity contribution in [2.45, 2.75) is 19.6 Å². The van der Waals surface area contributed by atoms with Crippen LogP contribution in [0.15, 0.2) is 42.6 Å². The van der Waals surface area contributed by atoms with Crippen LogP contribution in [0.1, 0.15) is 16.8 Å². The third kappa shape index (κ3) is 4.05. The van der Waals surface area contributed by atoms with Crippen LogP contribution in [0.3, 0.4) is 0 Å². The highest BCUT2D eigenvalue weighted by Gasteiger charge is 2.04. The van der Waals surface area contributed by atoms with Crippen molar-refractivity contribution in [1.82, 2.24) is 9.88 Å². The molecule has 2 aromatic rings. The normalized spacial score (nSPS) is 10.8. The van der Waals surface area contributed by atoms with Gasteiger partial charge in [-0.25, -0.2) is 0 Å². The van der Waals surface area contributed by atoms with Crippen molar-refractivity contribution in [2.75, 3.05) is 14.2 Å². The molecule has 0 aliphatic heterocycles. The summed E-state index contributed by atoms with van der Waals surface area (Å²) in [5.41, 5.74) is 9.01. The molecule has 4 heteroatoms. The molecule has 0 amide bonds. The van der Waals surface area contributed by atoms with E-state index in [1.54, 1.807) is 7.11 Å². The first-order valence-corrected chi connectivity index (χ1v) is 6.66. The van der Waals surface area contributed by atoms with Crippen LogP contribution in [0.4, 0.5) is 0 Å². The Labute approximate surface area is 120 Å². The summed E-state index contributed by atoms with van der Waals surface area (Å²) in [7, 11) is 3.79. The lowest BCUT2D eigenvalue weighted by atomic mass is 10.1. The van der Waals surface area contributed by atoms with Gasteiger partial charge >= 0.3 is 0 Å². The third-order valence-corrected chi connectivity index (χ3v) is 3.13. The van der Waals surface area contributed by atoms with Gasteiger partial charge in [-0.3, -0.25) is 9.88 Å². The predicted octanol–water partition coefficient (Wildman–Crippen LogP) is 2.18. The number of hydrogen-bond donors (Lipinski definition) is 1. The molecule has 106 valence electrons. The predicted molar refractivity (Wildman–Crippen MR) is 80.3 cm³/mol. The zero-order valence-electron chi connectivity index (χ0n) is 12.0. The van der Waals surface area contributed by atoms with Crippen molar-refractivity contribution in [3.8, 4) is 5.75 Å². The summed E-state index contributed by atoms with van der Waals surface area (Å²) >= 11 is 0. The maximum absolute atomic E-state index is 5.62. The first kappa shape index (κ1) is 14.5. The molecule has 2 N–H and O–H groups in total. The van der Waals surface area contributed by atoms with Crippen molar-refractivity contribution in [3.63, 3.8) is 0 Å². The van der Waals surface area contributed by atoms with Crippen molar-refractivity contribution in [2.24, 2.45) is 5.73 Å². The summed E-state index contributed by atoms with van der Waals surface area (Å²) in [6.07, 6.45) is 1.82. The van der Waals surface area contributed by atoms with E-state index in [2.05, 4.69) is 35.1 Å². The standard InChI is InChI=1S/C16H21N3O/c1-19(11-13-4-3-5-16(9-13)20-2)12-14-6-7-18-15(8-14)10-17/h3-9H,10-12,17H2,1-2H3. The Kier molecular flexibility index (Phi) is 5.09. The SMILES string of the molecule is COc1cccc(CN(C)Cc2ccnc(CN)c2)c1. The van der Waals surface area contributed by atoms with E-state index < -0.39 is 0 Å². The first-order valence-electron chi connectivity index (χ1n) is 6.66. The molecule has 0 atom stereocenters. The highest BCUT2D eigenvalue weighted by Crippen LogP contribution is 2.15. The number of nitrogens with zero attached hydrogens (tertiary/aromatic N) is 2. The maximum Gasteiger partial charge on any atom is 0.119 e. The molecule has 4 nitrogen and oxygen atoms in total. The van der Waals surface area contributed by atoms with E-state index >= 15 is 0 Å². The topological polar surface area (TPSA) is 51.4 Å². The van der Waals surface area contributed by atoms with E-state index in [4.69, 9.17) is 10.5 Å². The van der Waals surface area contributed by atoms with Crippen molar-refractivity contribution >= 4 is 0 Å². The number of methoxy groups -OCH3 is 1. The Morgan fingerprint density at radius 1 is 1.15 bits per heavy atom. The van der Waals surface area contributed by atoms with Crippen molar-refractivity contribution < 1.29 is 4.74 Å². The smallest absolute Gasteiger partial charge is 0.119 e. The average molecular weight is 271 g/mol. The quantitative estimate of drug-likeness (QED) is 0.875. The Bertz CT molecular complexity index is 507. The molecule has 0 saturated carbocycles. The molecule has 0 saturated heterocycles. The lowest BCUT2D eigenvalue weighted by Gasteiger charge is -2.17. The van der Waals surface area contributed by atoms with Crippen LogP contribution in [0.5, 0.6) is 5.75 Å². The van der Waals surface area contributed by atoms with Gasteiger partial charge in [0, 0.05) is 25.8 Å². The number of pyridine rings is 1. The number of nitrogens with two attached hydrogens (primary N) is 1. The highest BCUT2D eigenvalue weighted by atomic mass is 16.5. The molecule has 0 aliphatic rings. The molecular formula is C16H21N3O. The summed E-state index contributed by atoms with van der Waals surface area (Å²) < 4.78 is 5.24. The molecule has 1 aromatic heterocycles. The van der Waals surface area contributed by atoms with Gasteiger partial charge in [-0.2, -0.15) is 0 Å². The van der Waals surface area contributed by atoms with Crippen molar-refractivity contribution in [3.05, 3.63) is 59.4 Å². The molecule has 0 spiro atoms. The van der Waals surface area contributed by atoms with Crippen molar-refractivity contribution in [1.29, 1.82) is 0 Å². The van der Waals surface area contributed by atoms with Crippen LogP contribution in [0.25, 0.3) is 0 Å². The Morgan fingerprint density at radius 2 is 1.90 bits per heavy atom. The lowest BCUT2D eigenvalue weighted by Crippen LogP contribution is -2.17. The van der Waals surface area contributed by atoms with Crippen LogP contribution < -0.4 is 10.5 Å². The molecule has 1 heterocycles. The molecule has 0 radical (unpaired) electrons. The molecular weight excluding hydrogens is 250 g/mol. The minimum Gasteiger partial charge on any atom is -0.497 e. The zero-order chi connectivity index (χ0) is 14.4. The van der Waals surface area contributed by atoms with Crippen LogP contribution >= 0.6 is 0 Å². The van der Waals surface area contributed by atoms with E-state index in [1.165, 1.54) is 11.1 Å². The van der Waals surface area contributed by atoms with Gasteiger partial charge in [0.2, 0.25) is 0 Å². The fourth-order valence-corrected chi connectivity index (χ4v) is 2.19. The molecule has 1 aromatic carbocycles. The van der Waals surface area contributed by atoms with Crippen LogP contribution in [-0.2, 0) is 19.6 Å². The zero-order valence-corrected chi connectivity index (χ0v) is 12.0. The number of ether oxygens (including phenoxy) is 1.